The highest BCUT2D eigenvalue weighted by molar-refractivity contribution is 6.01. The van der Waals surface area contributed by atoms with Crippen molar-refractivity contribution in [1.82, 2.24) is 9.80 Å². The number of hydrogen-bond donors (Lipinski definition) is 0. The summed E-state index contributed by atoms with van der Waals surface area (Å²) in [4.78, 5) is 17.3. The van der Waals surface area contributed by atoms with Gasteiger partial charge in [-0.3, -0.25) is 9.69 Å². The first-order valence-corrected chi connectivity index (χ1v) is 11.0. The number of rotatable bonds is 5. The van der Waals surface area contributed by atoms with Crippen molar-refractivity contribution in [3.63, 3.8) is 0 Å². The van der Waals surface area contributed by atoms with Gasteiger partial charge in [0.1, 0.15) is 18.5 Å². The summed E-state index contributed by atoms with van der Waals surface area (Å²) in [6.45, 7) is 3.88. The van der Waals surface area contributed by atoms with E-state index < -0.39 is 0 Å². The number of benzene rings is 2. The second-order valence-electron chi connectivity index (χ2n) is 8.39. The van der Waals surface area contributed by atoms with Gasteiger partial charge >= 0.3 is 0 Å². The van der Waals surface area contributed by atoms with Crippen LogP contribution in [-0.4, -0.2) is 67.7 Å². The first kappa shape index (κ1) is 19.9. The summed E-state index contributed by atoms with van der Waals surface area (Å²) in [5.41, 5.74) is 2.03. The molecule has 162 valence electrons. The Morgan fingerprint density at radius 1 is 1.10 bits per heavy atom. The summed E-state index contributed by atoms with van der Waals surface area (Å²) in [5, 5.41) is 0. The molecular formula is C25H28N2O4. The van der Waals surface area contributed by atoms with E-state index in [4.69, 9.17) is 14.2 Å². The maximum atomic E-state index is 12.8. The molecule has 1 amide bonds. The molecule has 0 saturated carbocycles. The molecule has 6 heteroatoms. The van der Waals surface area contributed by atoms with E-state index in [0.717, 1.165) is 60.9 Å². The summed E-state index contributed by atoms with van der Waals surface area (Å²) in [6, 6.07) is 15.9. The number of piperidine rings is 1. The van der Waals surface area contributed by atoms with Gasteiger partial charge in [-0.1, -0.05) is 30.3 Å². The number of ether oxygens (including phenoxy) is 3. The fraction of sp³-hybridized carbons (Fsp3) is 0.400. The Morgan fingerprint density at radius 3 is 2.77 bits per heavy atom. The first-order valence-electron chi connectivity index (χ1n) is 11.0. The smallest absolute Gasteiger partial charge is 0.247 e. The average Bonchev–Trinajstić information content (AvgIpc) is 3.20. The molecule has 3 aliphatic rings. The van der Waals surface area contributed by atoms with Crippen LogP contribution in [0.25, 0.3) is 5.57 Å². The number of methoxy groups -OCH3 is 1. The molecule has 5 rings (SSSR count). The molecule has 0 bridgehead atoms. The summed E-state index contributed by atoms with van der Waals surface area (Å²) in [5.74, 6) is 2.53. The van der Waals surface area contributed by atoms with Crippen molar-refractivity contribution in [2.24, 2.45) is 0 Å². The molecule has 0 unspecified atom stereocenters. The fourth-order valence-corrected chi connectivity index (χ4v) is 4.81. The van der Waals surface area contributed by atoms with Gasteiger partial charge in [-0.15, -0.1) is 0 Å². The Labute approximate surface area is 183 Å². The average molecular weight is 421 g/mol. The van der Waals surface area contributed by atoms with Crippen LogP contribution in [0, 0.1) is 0 Å². The minimum Gasteiger partial charge on any atom is -0.496 e. The second kappa shape index (κ2) is 8.63. The van der Waals surface area contributed by atoms with Crippen LogP contribution in [0.15, 0.2) is 54.6 Å². The third-order valence-corrected chi connectivity index (χ3v) is 6.33. The SMILES string of the molecule is COc1ccccc1C1=CC(=O)N([C@H]2CCCN(C[C@H]3COc4ccccc4O3)C2)C1. The third-order valence-electron chi connectivity index (χ3n) is 6.33. The van der Waals surface area contributed by atoms with Gasteiger partial charge in [0, 0.05) is 37.3 Å². The van der Waals surface area contributed by atoms with Crippen molar-refractivity contribution in [3.8, 4) is 17.2 Å². The highest BCUT2D eigenvalue weighted by Gasteiger charge is 2.34. The number of nitrogens with zero attached hydrogens (tertiary/aromatic N) is 2. The Kier molecular flexibility index (Phi) is 5.55. The molecule has 0 aliphatic carbocycles. The Bertz CT molecular complexity index is 989. The van der Waals surface area contributed by atoms with Gasteiger partial charge in [0.2, 0.25) is 5.91 Å². The lowest BCUT2D eigenvalue weighted by atomic mass is 10.0. The highest BCUT2D eigenvalue weighted by Crippen LogP contribution is 2.33. The van der Waals surface area contributed by atoms with Gasteiger partial charge in [-0.25, -0.2) is 0 Å². The molecule has 0 radical (unpaired) electrons. The first-order chi connectivity index (χ1) is 15.2. The molecule has 0 spiro atoms. The summed E-state index contributed by atoms with van der Waals surface area (Å²) in [7, 11) is 1.67. The Hall–Kier alpha value is -2.99. The van der Waals surface area contributed by atoms with Crippen molar-refractivity contribution >= 4 is 11.5 Å². The number of para-hydroxylation sites is 3. The highest BCUT2D eigenvalue weighted by atomic mass is 16.6. The predicted octanol–water partition coefficient (Wildman–Crippen LogP) is 3.23. The molecule has 3 heterocycles. The van der Waals surface area contributed by atoms with Crippen LogP contribution in [-0.2, 0) is 4.79 Å². The fourth-order valence-electron chi connectivity index (χ4n) is 4.81. The van der Waals surface area contributed by atoms with Crippen LogP contribution in [0.5, 0.6) is 17.2 Å². The van der Waals surface area contributed by atoms with Crippen LogP contribution >= 0.6 is 0 Å². The topological polar surface area (TPSA) is 51.2 Å². The van der Waals surface area contributed by atoms with Gasteiger partial charge in [-0.2, -0.15) is 0 Å². The van der Waals surface area contributed by atoms with E-state index >= 15 is 0 Å². The number of amides is 1. The molecule has 3 aliphatic heterocycles. The summed E-state index contributed by atoms with van der Waals surface area (Å²) in [6.07, 6.45) is 3.87. The summed E-state index contributed by atoms with van der Waals surface area (Å²) < 4.78 is 17.5. The van der Waals surface area contributed by atoms with E-state index in [9.17, 15) is 4.79 Å². The van der Waals surface area contributed by atoms with Gasteiger partial charge in [0.15, 0.2) is 11.5 Å². The van der Waals surface area contributed by atoms with Crippen LogP contribution in [0.4, 0.5) is 0 Å². The molecule has 31 heavy (non-hydrogen) atoms. The zero-order valence-electron chi connectivity index (χ0n) is 17.8. The van der Waals surface area contributed by atoms with Gasteiger partial charge in [0.05, 0.1) is 7.11 Å². The molecule has 2 aromatic carbocycles. The lowest BCUT2D eigenvalue weighted by Gasteiger charge is -2.39. The lowest BCUT2D eigenvalue weighted by Crippen LogP contribution is -2.51. The zero-order valence-corrected chi connectivity index (χ0v) is 17.8. The van der Waals surface area contributed by atoms with E-state index in [0.29, 0.717) is 13.2 Å². The number of carbonyl (C=O) groups is 1. The van der Waals surface area contributed by atoms with Gasteiger partial charge in [0.25, 0.3) is 0 Å². The third kappa shape index (κ3) is 4.12. The monoisotopic (exact) mass is 420 g/mol. The lowest BCUT2D eigenvalue weighted by molar-refractivity contribution is -0.127. The quantitative estimate of drug-likeness (QED) is 0.744. The minimum atomic E-state index is 0.00481. The van der Waals surface area contributed by atoms with Crippen molar-refractivity contribution in [2.75, 3.05) is 39.9 Å². The Morgan fingerprint density at radius 2 is 1.90 bits per heavy atom. The molecule has 1 fully saturated rings. The van der Waals surface area contributed by atoms with E-state index in [-0.39, 0.29) is 18.1 Å². The normalized spacial score (nSPS) is 23.6. The molecule has 0 aromatic heterocycles. The minimum absolute atomic E-state index is 0.00481. The van der Waals surface area contributed by atoms with E-state index in [2.05, 4.69) is 4.90 Å². The van der Waals surface area contributed by atoms with Crippen LogP contribution < -0.4 is 14.2 Å². The maximum Gasteiger partial charge on any atom is 0.247 e. The second-order valence-corrected chi connectivity index (χ2v) is 8.39. The zero-order chi connectivity index (χ0) is 21.2. The van der Waals surface area contributed by atoms with Gasteiger partial charge in [-0.05, 0) is 43.2 Å². The van der Waals surface area contributed by atoms with E-state index in [1.807, 2.05) is 53.4 Å². The van der Waals surface area contributed by atoms with Crippen molar-refractivity contribution in [2.45, 2.75) is 25.0 Å². The number of likely N-dealkylation sites (tertiary alicyclic amines) is 1. The molecule has 6 nitrogen and oxygen atoms in total. The van der Waals surface area contributed by atoms with E-state index in [1.165, 1.54) is 0 Å². The predicted molar refractivity (Wildman–Crippen MR) is 118 cm³/mol. The van der Waals surface area contributed by atoms with Crippen LogP contribution in [0.2, 0.25) is 0 Å². The molecule has 2 aromatic rings. The standard InChI is InChI=1S/C25H28N2O4/c1-29-22-9-3-2-8-21(22)18-13-25(28)27(14-18)19-7-6-12-26(15-19)16-20-17-30-23-10-4-5-11-24(23)31-20/h2-5,8-11,13,19-20H,6-7,12,14-17H2,1H3/t19-,20-/m0/s1. The number of hydrogen-bond acceptors (Lipinski definition) is 5. The largest absolute Gasteiger partial charge is 0.496 e. The molecule has 1 saturated heterocycles. The van der Waals surface area contributed by atoms with Crippen LogP contribution in [0.3, 0.4) is 0 Å². The molecule has 2 atom stereocenters. The Balaban J connectivity index is 1.22. The molecule has 0 N–H and O–H groups in total. The number of fused-ring (bicyclic) bond motifs is 1. The van der Waals surface area contributed by atoms with Gasteiger partial charge < -0.3 is 19.1 Å². The maximum absolute atomic E-state index is 12.8. The molecular weight excluding hydrogens is 392 g/mol. The van der Waals surface area contributed by atoms with Crippen molar-refractivity contribution in [3.05, 3.63) is 60.2 Å². The van der Waals surface area contributed by atoms with Crippen LogP contribution in [0.1, 0.15) is 18.4 Å². The number of carbonyl (C=O) groups excluding carboxylic acids is 1. The van der Waals surface area contributed by atoms with Crippen molar-refractivity contribution in [1.29, 1.82) is 0 Å². The van der Waals surface area contributed by atoms with E-state index in [1.54, 1.807) is 13.2 Å². The summed E-state index contributed by atoms with van der Waals surface area (Å²) >= 11 is 0. The van der Waals surface area contributed by atoms with Crippen molar-refractivity contribution < 1.29 is 19.0 Å².